The van der Waals surface area contributed by atoms with Crippen LogP contribution < -0.4 is 10.6 Å². The fraction of sp³-hybridized carbons (Fsp3) is 0.0588. The van der Waals surface area contributed by atoms with Crippen LogP contribution in [-0.2, 0) is 0 Å². The molecular formula is C17H12F2N8O. The molecule has 0 spiro atoms. The molecule has 2 N–H and O–H groups in total. The first-order chi connectivity index (χ1) is 13.5. The summed E-state index contributed by atoms with van der Waals surface area (Å²) in [5.41, 5.74) is 5.89. The Morgan fingerprint density at radius 2 is 1.71 bits per heavy atom. The molecule has 11 heteroatoms. The van der Waals surface area contributed by atoms with E-state index in [0.717, 1.165) is 0 Å². The lowest BCUT2D eigenvalue weighted by Crippen LogP contribution is -2.16. The fourth-order valence-electron chi connectivity index (χ4n) is 2.42. The minimum atomic E-state index is -0.618. The van der Waals surface area contributed by atoms with Crippen LogP contribution in [0, 0.1) is 11.6 Å². The van der Waals surface area contributed by atoms with Crippen molar-refractivity contribution in [3.8, 4) is 23.2 Å². The van der Waals surface area contributed by atoms with Crippen molar-refractivity contribution in [1.82, 2.24) is 30.1 Å². The predicted octanol–water partition coefficient (Wildman–Crippen LogP) is 2.61. The van der Waals surface area contributed by atoms with E-state index < -0.39 is 11.6 Å². The number of para-hydroxylation sites is 1. The first kappa shape index (κ1) is 17.4. The Bertz CT molecular complexity index is 1150. The number of halogens is 2. The number of nitrogens with two attached hydrogens (primary N) is 1. The molecule has 0 unspecified atom stereocenters. The van der Waals surface area contributed by atoms with Crippen molar-refractivity contribution in [2.45, 2.75) is 0 Å². The molecule has 4 rings (SSSR count). The summed E-state index contributed by atoms with van der Waals surface area (Å²) in [4.78, 5) is 21.5. The maximum Gasteiger partial charge on any atom is 0.279 e. The van der Waals surface area contributed by atoms with Gasteiger partial charge < -0.3 is 15.2 Å². The van der Waals surface area contributed by atoms with Crippen LogP contribution >= 0.6 is 0 Å². The van der Waals surface area contributed by atoms with Gasteiger partial charge in [0.1, 0.15) is 5.82 Å². The quantitative estimate of drug-likeness (QED) is 0.568. The Hall–Kier alpha value is -4.02. The first-order valence-electron chi connectivity index (χ1n) is 7.97. The molecule has 0 fully saturated rings. The number of benzene rings is 1. The topological polar surface area (TPSA) is 120 Å². The van der Waals surface area contributed by atoms with E-state index in [1.165, 1.54) is 29.3 Å². The van der Waals surface area contributed by atoms with Crippen LogP contribution in [0.4, 0.5) is 26.4 Å². The van der Waals surface area contributed by atoms with Gasteiger partial charge in [0, 0.05) is 13.2 Å². The number of rotatable bonds is 4. The zero-order valence-electron chi connectivity index (χ0n) is 14.4. The monoisotopic (exact) mass is 382 g/mol. The van der Waals surface area contributed by atoms with Gasteiger partial charge in [-0.05, 0) is 24.3 Å². The van der Waals surface area contributed by atoms with Crippen LogP contribution in [0.25, 0.3) is 23.2 Å². The lowest BCUT2D eigenvalue weighted by molar-refractivity contribution is 0.427. The molecule has 4 aromatic rings. The van der Waals surface area contributed by atoms with Gasteiger partial charge in [-0.15, -0.1) is 0 Å². The molecule has 28 heavy (non-hydrogen) atoms. The molecule has 0 saturated carbocycles. The summed E-state index contributed by atoms with van der Waals surface area (Å²) in [5, 5.41) is 3.74. The molecule has 3 aromatic heterocycles. The van der Waals surface area contributed by atoms with Gasteiger partial charge in [-0.1, -0.05) is 17.3 Å². The highest BCUT2D eigenvalue weighted by molar-refractivity contribution is 5.60. The lowest BCUT2D eigenvalue weighted by atomic mass is 10.3. The third kappa shape index (κ3) is 3.20. The van der Waals surface area contributed by atoms with Crippen molar-refractivity contribution in [3.05, 3.63) is 54.2 Å². The van der Waals surface area contributed by atoms with Crippen molar-refractivity contribution >= 4 is 17.6 Å². The van der Waals surface area contributed by atoms with E-state index in [1.54, 1.807) is 25.2 Å². The highest BCUT2D eigenvalue weighted by Gasteiger charge is 2.20. The number of hydrogen-bond acceptors (Lipinski definition) is 9. The maximum atomic E-state index is 14.1. The average Bonchev–Trinajstić information content (AvgIpc) is 3.18. The minimum Gasteiger partial charge on any atom is -0.368 e. The molecule has 3 heterocycles. The average molecular weight is 382 g/mol. The van der Waals surface area contributed by atoms with E-state index in [2.05, 4.69) is 30.1 Å². The normalized spacial score (nSPS) is 10.8. The Kier molecular flexibility index (Phi) is 4.32. The van der Waals surface area contributed by atoms with Crippen molar-refractivity contribution in [3.63, 3.8) is 0 Å². The lowest BCUT2D eigenvalue weighted by Gasteiger charge is -2.17. The highest BCUT2D eigenvalue weighted by Crippen LogP contribution is 2.26. The van der Waals surface area contributed by atoms with Gasteiger partial charge in [-0.25, -0.2) is 13.8 Å². The predicted molar refractivity (Wildman–Crippen MR) is 95.2 cm³/mol. The molecule has 9 nitrogen and oxygen atoms in total. The molecule has 0 amide bonds. The van der Waals surface area contributed by atoms with Crippen LogP contribution in [0.5, 0.6) is 0 Å². The number of anilines is 3. The van der Waals surface area contributed by atoms with E-state index in [1.807, 2.05) is 0 Å². The van der Waals surface area contributed by atoms with Gasteiger partial charge in [0.25, 0.3) is 5.89 Å². The second-order valence-corrected chi connectivity index (χ2v) is 5.58. The molecule has 0 aliphatic carbocycles. The van der Waals surface area contributed by atoms with Crippen LogP contribution in [0.3, 0.4) is 0 Å². The van der Waals surface area contributed by atoms with Crippen LogP contribution in [0.1, 0.15) is 0 Å². The Balaban J connectivity index is 1.72. The molecule has 0 aliphatic rings. The maximum absolute atomic E-state index is 14.1. The van der Waals surface area contributed by atoms with Gasteiger partial charge in [0.15, 0.2) is 11.5 Å². The Labute approximate surface area is 156 Å². The van der Waals surface area contributed by atoms with Gasteiger partial charge >= 0.3 is 0 Å². The molecule has 0 radical (unpaired) electrons. The Morgan fingerprint density at radius 3 is 2.50 bits per heavy atom. The summed E-state index contributed by atoms with van der Waals surface area (Å²) in [6.07, 6.45) is 1.39. The number of pyridine rings is 1. The second kappa shape index (κ2) is 6.95. The summed E-state index contributed by atoms with van der Waals surface area (Å²) in [6.45, 7) is 0. The molecule has 0 aliphatic heterocycles. The SMILES string of the molecule is CN(c1nc(N)nc(-c2noc(-c3ncccc3F)n2)n1)c1ccccc1F. The zero-order valence-corrected chi connectivity index (χ0v) is 14.4. The highest BCUT2D eigenvalue weighted by atomic mass is 19.1. The van der Waals surface area contributed by atoms with E-state index in [9.17, 15) is 8.78 Å². The summed E-state index contributed by atoms with van der Waals surface area (Å²) in [7, 11) is 1.57. The van der Waals surface area contributed by atoms with Gasteiger partial charge in [-0.2, -0.15) is 19.9 Å². The van der Waals surface area contributed by atoms with Gasteiger partial charge in [0.05, 0.1) is 5.69 Å². The largest absolute Gasteiger partial charge is 0.368 e. The molecule has 0 saturated heterocycles. The summed E-state index contributed by atoms with van der Waals surface area (Å²) in [6, 6.07) is 8.77. The van der Waals surface area contributed by atoms with Crippen LogP contribution in [0.15, 0.2) is 47.1 Å². The number of aromatic nitrogens is 6. The van der Waals surface area contributed by atoms with E-state index in [0.29, 0.717) is 0 Å². The van der Waals surface area contributed by atoms with Crippen molar-refractivity contribution in [1.29, 1.82) is 0 Å². The van der Waals surface area contributed by atoms with Crippen LogP contribution in [0.2, 0.25) is 0 Å². The zero-order chi connectivity index (χ0) is 19.7. The summed E-state index contributed by atoms with van der Waals surface area (Å²) < 4.78 is 33.0. The fourth-order valence-corrected chi connectivity index (χ4v) is 2.42. The first-order valence-corrected chi connectivity index (χ1v) is 7.97. The van der Waals surface area contributed by atoms with Gasteiger partial charge in [-0.3, -0.25) is 0 Å². The third-order valence-corrected chi connectivity index (χ3v) is 3.74. The molecule has 0 atom stereocenters. The molecule has 0 bridgehead atoms. The summed E-state index contributed by atoms with van der Waals surface area (Å²) >= 11 is 0. The smallest absolute Gasteiger partial charge is 0.279 e. The summed E-state index contributed by atoms with van der Waals surface area (Å²) in [5.74, 6) is -1.34. The third-order valence-electron chi connectivity index (χ3n) is 3.74. The van der Waals surface area contributed by atoms with E-state index >= 15 is 0 Å². The van der Waals surface area contributed by atoms with Crippen molar-refractivity contribution in [2.75, 3.05) is 17.7 Å². The van der Waals surface area contributed by atoms with Crippen molar-refractivity contribution < 1.29 is 13.3 Å². The van der Waals surface area contributed by atoms with E-state index in [-0.39, 0.29) is 40.8 Å². The van der Waals surface area contributed by atoms with Crippen molar-refractivity contribution in [2.24, 2.45) is 0 Å². The Morgan fingerprint density at radius 1 is 0.929 bits per heavy atom. The van der Waals surface area contributed by atoms with Crippen LogP contribution in [-0.4, -0.2) is 37.1 Å². The minimum absolute atomic E-state index is 0.0166. The molecular weight excluding hydrogens is 370 g/mol. The number of nitrogen functional groups attached to an aromatic ring is 1. The number of hydrogen-bond donors (Lipinski definition) is 1. The second-order valence-electron chi connectivity index (χ2n) is 5.58. The van der Waals surface area contributed by atoms with E-state index in [4.69, 9.17) is 10.3 Å². The molecule has 140 valence electrons. The standard InChI is InChI=1S/C17H12F2N8O/c1-27(11-7-3-2-5-9(11)18)17-24-13(23-16(20)25-17)14-22-15(28-26-14)12-10(19)6-4-8-21-12/h2-8H,1H3,(H2,20,23,24,25). The van der Waals surface area contributed by atoms with Gasteiger partial charge in [0.2, 0.25) is 23.5 Å². The molecule has 1 aromatic carbocycles. The number of nitrogens with zero attached hydrogens (tertiary/aromatic N) is 7.